The van der Waals surface area contributed by atoms with Crippen molar-refractivity contribution in [2.75, 3.05) is 13.1 Å². The molecule has 0 radical (unpaired) electrons. The second kappa shape index (κ2) is 5.45. The van der Waals surface area contributed by atoms with Gasteiger partial charge in [-0.15, -0.1) is 0 Å². The lowest BCUT2D eigenvalue weighted by Crippen LogP contribution is -2.66. The van der Waals surface area contributed by atoms with Crippen LogP contribution in [0.5, 0.6) is 0 Å². The fraction of sp³-hybridized carbons (Fsp3) is 0.647. The Morgan fingerprint density at radius 1 is 1.30 bits per heavy atom. The summed E-state index contributed by atoms with van der Waals surface area (Å²) in [5, 5.41) is 3.67. The lowest BCUT2D eigenvalue weighted by atomic mass is 9.88. The fourth-order valence-electron chi connectivity index (χ4n) is 2.78. The highest BCUT2D eigenvalue weighted by Crippen LogP contribution is 2.28. The average Bonchev–Trinajstić information content (AvgIpc) is 2.38. The summed E-state index contributed by atoms with van der Waals surface area (Å²) in [4.78, 5) is 2.52. The van der Waals surface area contributed by atoms with Gasteiger partial charge in [-0.2, -0.15) is 0 Å². The Hall–Kier alpha value is -0.930. The standard InChI is InChI=1S/C17H27FN2/c1-6-17(5)12-20(16(3,4)11-19-17)10-14-7-8-15(18)9-13(14)2/h7-9,19H,6,10-12H2,1-5H3. The van der Waals surface area contributed by atoms with Crippen molar-refractivity contribution in [1.82, 2.24) is 10.2 Å². The maximum absolute atomic E-state index is 13.2. The van der Waals surface area contributed by atoms with E-state index in [2.05, 4.69) is 37.9 Å². The van der Waals surface area contributed by atoms with Crippen LogP contribution in [0.2, 0.25) is 0 Å². The molecule has 1 saturated heterocycles. The van der Waals surface area contributed by atoms with Gasteiger partial charge >= 0.3 is 0 Å². The van der Waals surface area contributed by atoms with Crippen molar-refractivity contribution < 1.29 is 4.39 Å². The van der Waals surface area contributed by atoms with E-state index in [0.29, 0.717) is 0 Å². The van der Waals surface area contributed by atoms with Gasteiger partial charge in [0.15, 0.2) is 0 Å². The minimum absolute atomic E-state index is 0.121. The summed E-state index contributed by atoms with van der Waals surface area (Å²) in [5.74, 6) is -0.149. The lowest BCUT2D eigenvalue weighted by molar-refractivity contribution is 0.0244. The molecule has 112 valence electrons. The largest absolute Gasteiger partial charge is 0.308 e. The molecule has 2 rings (SSSR count). The van der Waals surface area contributed by atoms with E-state index in [1.165, 1.54) is 5.56 Å². The van der Waals surface area contributed by atoms with Crippen molar-refractivity contribution in [1.29, 1.82) is 0 Å². The second-order valence-corrected chi connectivity index (χ2v) is 7.01. The van der Waals surface area contributed by atoms with Crippen LogP contribution in [-0.4, -0.2) is 29.1 Å². The summed E-state index contributed by atoms with van der Waals surface area (Å²) in [5.41, 5.74) is 2.55. The molecule has 1 heterocycles. The fourth-order valence-corrected chi connectivity index (χ4v) is 2.78. The smallest absolute Gasteiger partial charge is 0.123 e. The van der Waals surface area contributed by atoms with Gasteiger partial charge in [0.1, 0.15) is 5.82 Å². The maximum atomic E-state index is 13.2. The van der Waals surface area contributed by atoms with Gasteiger partial charge < -0.3 is 5.32 Å². The van der Waals surface area contributed by atoms with Gasteiger partial charge in [0.25, 0.3) is 0 Å². The van der Waals surface area contributed by atoms with E-state index in [1.54, 1.807) is 12.1 Å². The lowest BCUT2D eigenvalue weighted by Gasteiger charge is -2.51. The predicted octanol–water partition coefficient (Wildman–Crippen LogP) is 3.49. The Bertz CT molecular complexity index is 484. The van der Waals surface area contributed by atoms with Crippen LogP contribution in [0.1, 0.15) is 45.2 Å². The van der Waals surface area contributed by atoms with Crippen LogP contribution in [-0.2, 0) is 6.54 Å². The predicted molar refractivity (Wildman–Crippen MR) is 82.3 cm³/mol. The number of hydrogen-bond donors (Lipinski definition) is 1. The van der Waals surface area contributed by atoms with Gasteiger partial charge in [-0.3, -0.25) is 4.90 Å². The van der Waals surface area contributed by atoms with Gasteiger partial charge in [0.2, 0.25) is 0 Å². The highest BCUT2D eigenvalue weighted by molar-refractivity contribution is 5.27. The third kappa shape index (κ3) is 3.21. The molecule has 3 heteroatoms. The van der Waals surface area contributed by atoms with Crippen LogP contribution in [0.15, 0.2) is 18.2 Å². The van der Waals surface area contributed by atoms with Gasteiger partial charge in [-0.1, -0.05) is 13.0 Å². The van der Waals surface area contributed by atoms with Crippen molar-refractivity contribution in [2.24, 2.45) is 0 Å². The third-order valence-electron chi connectivity index (χ3n) is 4.79. The molecule has 20 heavy (non-hydrogen) atoms. The monoisotopic (exact) mass is 278 g/mol. The van der Waals surface area contributed by atoms with E-state index in [0.717, 1.165) is 31.6 Å². The third-order valence-corrected chi connectivity index (χ3v) is 4.79. The molecule has 0 aromatic heterocycles. The minimum atomic E-state index is -0.149. The number of rotatable bonds is 3. The zero-order chi connectivity index (χ0) is 15.0. The molecule has 1 unspecified atom stereocenters. The van der Waals surface area contributed by atoms with E-state index in [-0.39, 0.29) is 16.9 Å². The Labute approximate surface area is 122 Å². The summed E-state index contributed by atoms with van der Waals surface area (Å²) >= 11 is 0. The quantitative estimate of drug-likeness (QED) is 0.910. The molecular formula is C17H27FN2. The van der Waals surface area contributed by atoms with Crippen molar-refractivity contribution in [3.63, 3.8) is 0 Å². The van der Waals surface area contributed by atoms with Crippen LogP contribution in [0.4, 0.5) is 4.39 Å². The van der Waals surface area contributed by atoms with Crippen LogP contribution in [0, 0.1) is 12.7 Å². The normalized spacial score (nSPS) is 26.7. The summed E-state index contributed by atoms with van der Waals surface area (Å²) in [6, 6.07) is 5.12. The molecule has 0 saturated carbocycles. The number of nitrogens with zero attached hydrogens (tertiary/aromatic N) is 1. The summed E-state index contributed by atoms with van der Waals surface area (Å²) in [7, 11) is 0. The van der Waals surface area contributed by atoms with Crippen molar-refractivity contribution >= 4 is 0 Å². The Balaban J connectivity index is 2.20. The molecule has 0 aliphatic carbocycles. The topological polar surface area (TPSA) is 15.3 Å². The van der Waals surface area contributed by atoms with Gasteiger partial charge in [0.05, 0.1) is 0 Å². The molecule has 1 aliphatic rings. The molecule has 0 amide bonds. The highest BCUT2D eigenvalue weighted by Gasteiger charge is 2.39. The zero-order valence-electron chi connectivity index (χ0n) is 13.4. The number of halogens is 1. The van der Waals surface area contributed by atoms with Gasteiger partial charge in [0, 0.05) is 30.7 Å². The summed E-state index contributed by atoms with van der Waals surface area (Å²) in [6.45, 7) is 13.9. The molecule has 0 spiro atoms. The number of piperazine rings is 1. The molecule has 0 bridgehead atoms. The van der Waals surface area contributed by atoms with Crippen LogP contribution in [0.25, 0.3) is 0 Å². The van der Waals surface area contributed by atoms with Gasteiger partial charge in [-0.25, -0.2) is 4.39 Å². The molecule has 2 nitrogen and oxygen atoms in total. The van der Waals surface area contributed by atoms with Crippen LogP contribution in [0.3, 0.4) is 0 Å². The van der Waals surface area contributed by atoms with Crippen LogP contribution >= 0.6 is 0 Å². The molecule has 1 aromatic carbocycles. The molecular weight excluding hydrogens is 251 g/mol. The van der Waals surface area contributed by atoms with E-state index >= 15 is 0 Å². The minimum Gasteiger partial charge on any atom is -0.308 e. The molecule has 1 aliphatic heterocycles. The first-order chi connectivity index (χ1) is 9.26. The SMILES string of the molecule is CCC1(C)CN(Cc2ccc(F)cc2C)C(C)(C)CN1. The Morgan fingerprint density at radius 3 is 2.60 bits per heavy atom. The van der Waals surface area contributed by atoms with E-state index in [1.807, 2.05) is 13.0 Å². The number of hydrogen-bond acceptors (Lipinski definition) is 2. The summed E-state index contributed by atoms with van der Waals surface area (Å²) < 4.78 is 13.2. The van der Waals surface area contributed by atoms with Crippen LogP contribution < -0.4 is 5.32 Å². The maximum Gasteiger partial charge on any atom is 0.123 e. The summed E-state index contributed by atoms with van der Waals surface area (Å²) in [6.07, 6.45) is 1.11. The average molecular weight is 278 g/mol. The molecule has 1 atom stereocenters. The second-order valence-electron chi connectivity index (χ2n) is 7.01. The first-order valence-corrected chi connectivity index (χ1v) is 7.51. The van der Waals surface area contributed by atoms with Crippen molar-refractivity contribution in [2.45, 2.75) is 58.7 Å². The van der Waals surface area contributed by atoms with Crippen molar-refractivity contribution in [3.05, 3.63) is 35.1 Å². The Kier molecular flexibility index (Phi) is 4.22. The first-order valence-electron chi connectivity index (χ1n) is 7.51. The van der Waals surface area contributed by atoms with E-state index in [9.17, 15) is 4.39 Å². The molecule has 1 fully saturated rings. The van der Waals surface area contributed by atoms with E-state index < -0.39 is 0 Å². The van der Waals surface area contributed by atoms with E-state index in [4.69, 9.17) is 0 Å². The Morgan fingerprint density at radius 2 is 2.00 bits per heavy atom. The number of benzene rings is 1. The first kappa shape index (κ1) is 15.5. The zero-order valence-corrected chi connectivity index (χ0v) is 13.4. The number of nitrogens with one attached hydrogen (secondary N) is 1. The highest BCUT2D eigenvalue weighted by atomic mass is 19.1. The van der Waals surface area contributed by atoms with Gasteiger partial charge in [-0.05, 0) is 57.4 Å². The van der Waals surface area contributed by atoms with Crippen molar-refractivity contribution in [3.8, 4) is 0 Å². The molecule has 1 aromatic rings. The molecule has 1 N–H and O–H groups in total. The number of aryl methyl sites for hydroxylation is 1.